The van der Waals surface area contributed by atoms with Gasteiger partial charge in [0.2, 0.25) is 5.88 Å². The molecule has 6 rings (SSSR count). The number of sulfone groups is 1. The van der Waals surface area contributed by atoms with E-state index < -0.39 is 9.84 Å². The maximum atomic E-state index is 12.0. The lowest BCUT2D eigenvalue weighted by Gasteiger charge is -2.26. The molecule has 0 amide bonds. The molecular formula is C23H21N5O3S. The highest BCUT2D eigenvalue weighted by Crippen LogP contribution is 2.34. The van der Waals surface area contributed by atoms with E-state index in [-0.39, 0.29) is 17.0 Å². The van der Waals surface area contributed by atoms with Crippen molar-refractivity contribution in [1.29, 1.82) is 0 Å². The summed E-state index contributed by atoms with van der Waals surface area (Å²) in [5.74, 6) is 1.48. The van der Waals surface area contributed by atoms with Crippen LogP contribution in [-0.4, -0.2) is 57.1 Å². The van der Waals surface area contributed by atoms with Crippen molar-refractivity contribution in [3.05, 3.63) is 66.6 Å². The minimum atomic E-state index is -2.88. The number of aromatic amines is 1. The number of hydrogen-bond acceptors (Lipinski definition) is 7. The van der Waals surface area contributed by atoms with E-state index >= 15 is 0 Å². The number of pyridine rings is 2. The van der Waals surface area contributed by atoms with Crippen LogP contribution in [0.4, 0.5) is 0 Å². The van der Waals surface area contributed by atoms with Crippen molar-refractivity contribution < 1.29 is 13.2 Å². The van der Waals surface area contributed by atoms with Gasteiger partial charge in [0.25, 0.3) is 0 Å². The highest BCUT2D eigenvalue weighted by Gasteiger charge is 2.48. The summed E-state index contributed by atoms with van der Waals surface area (Å²) in [5, 5.41) is 7.64. The average Bonchev–Trinajstić information content (AvgIpc) is 3.51. The molecule has 2 bridgehead atoms. The third-order valence-corrected chi connectivity index (χ3v) is 8.48. The third-order valence-electron chi connectivity index (χ3n) is 6.28. The van der Waals surface area contributed by atoms with Crippen LogP contribution in [0.15, 0.2) is 60.9 Å². The molecule has 3 aromatic heterocycles. The fourth-order valence-electron chi connectivity index (χ4n) is 4.61. The van der Waals surface area contributed by atoms with Crippen molar-refractivity contribution in [3.8, 4) is 22.9 Å². The summed E-state index contributed by atoms with van der Waals surface area (Å²) >= 11 is 0. The van der Waals surface area contributed by atoms with E-state index in [9.17, 15) is 8.42 Å². The smallest absolute Gasteiger partial charge is 0.219 e. The number of likely N-dealkylation sites (tertiary alicyclic amines) is 1. The van der Waals surface area contributed by atoms with Crippen LogP contribution in [0.5, 0.6) is 11.6 Å². The highest BCUT2D eigenvalue weighted by atomic mass is 32.2. The summed E-state index contributed by atoms with van der Waals surface area (Å²) in [6.07, 6.45) is 4.20. The molecule has 2 atom stereocenters. The predicted molar refractivity (Wildman–Crippen MR) is 120 cm³/mol. The Labute approximate surface area is 185 Å². The number of hydrogen-bond donors (Lipinski definition) is 1. The second-order valence-corrected chi connectivity index (χ2v) is 10.7. The van der Waals surface area contributed by atoms with Crippen molar-refractivity contribution in [1.82, 2.24) is 25.1 Å². The number of H-pyrrole nitrogens is 1. The van der Waals surface area contributed by atoms with E-state index in [4.69, 9.17) is 9.72 Å². The molecule has 32 heavy (non-hydrogen) atoms. The van der Waals surface area contributed by atoms with Gasteiger partial charge in [-0.1, -0.05) is 6.07 Å². The number of rotatable bonds is 5. The van der Waals surface area contributed by atoms with E-state index in [1.165, 1.54) is 0 Å². The Morgan fingerprint density at radius 2 is 2.06 bits per heavy atom. The normalized spacial score (nSPS) is 21.9. The number of nitrogens with one attached hydrogen (secondary N) is 1. The third kappa shape index (κ3) is 3.53. The number of fused-ring (bicyclic) bond motifs is 3. The second-order valence-electron chi connectivity index (χ2n) is 8.39. The molecule has 0 aliphatic carbocycles. The Balaban J connectivity index is 1.16. The van der Waals surface area contributed by atoms with Gasteiger partial charge in [-0.2, -0.15) is 5.10 Å². The van der Waals surface area contributed by atoms with Gasteiger partial charge in [0.05, 0.1) is 27.9 Å². The summed E-state index contributed by atoms with van der Waals surface area (Å²) in [6, 6.07) is 15.6. The predicted octanol–water partition coefficient (Wildman–Crippen LogP) is 3.18. The largest absolute Gasteiger partial charge is 0.439 e. The first-order valence-electron chi connectivity index (χ1n) is 10.5. The molecular weight excluding hydrogens is 426 g/mol. The van der Waals surface area contributed by atoms with Crippen molar-refractivity contribution in [2.45, 2.75) is 24.3 Å². The molecule has 0 radical (unpaired) electrons. The lowest BCUT2D eigenvalue weighted by Crippen LogP contribution is -2.40. The van der Waals surface area contributed by atoms with E-state index in [1.54, 1.807) is 12.4 Å². The first-order chi connectivity index (χ1) is 15.5. The van der Waals surface area contributed by atoms with Gasteiger partial charge in [0, 0.05) is 48.5 Å². The van der Waals surface area contributed by atoms with Crippen LogP contribution < -0.4 is 4.74 Å². The number of benzene rings is 1. The quantitative estimate of drug-likeness (QED) is 0.501. The highest BCUT2D eigenvalue weighted by molar-refractivity contribution is 7.92. The molecule has 1 N–H and O–H groups in total. The molecule has 162 valence electrons. The zero-order chi connectivity index (χ0) is 21.7. The maximum absolute atomic E-state index is 12.0. The van der Waals surface area contributed by atoms with Gasteiger partial charge in [-0.25, -0.2) is 13.4 Å². The van der Waals surface area contributed by atoms with Crippen molar-refractivity contribution in [2.75, 3.05) is 12.3 Å². The lowest BCUT2D eigenvalue weighted by molar-refractivity contribution is 0.254. The fraction of sp³-hybridized carbons (Fsp3) is 0.261. The summed E-state index contributed by atoms with van der Waals surface area (Å²) in [4.78, 5) is 11.4. The molecule has 2 unspecified atom stereocenters. The molecule has 2 aliphatic rings. The van der Waals surface area contributed by atoms with Crippen LogP contribution in [0.3, 0.4) is 0 Å². The van der Waals surface area contributed by atoms with Crippen molar-refractivity contribution in [2.24, 2.45) is 0 Å². The summed E-state index contributed by atoms with van der Waals surface area (Å²) in [6.45, 7) is 1.29. The van der Waals surface area contributed by atoms with Gasteiger partial charge in [-0.15, -0.1) is 0 Å². The molecule has 2 fully saturated rings. The van der Waals surface area contributed by atoms with Gasteiger partial charge in [0.15, 0.2) is 9.84 Å². The van der Waals surface area contributed by atoms with E-state index in [0.29, 0.717) is 24.7 Å². The van der Waals surface area contributed by atoms with Crippen LogP contribution in [0.1, 0.15) is 12.1 Å². The van der Waals surface area contributed by atoms with Gasteiger partial charge in [0.1, 0.15) is 5.75 Å². The Kier molecular flexibility index (Phi) is 4.48. The number of nitrogens with zero attached hydrogens (tertiary/aromatic N) is 4. The van der Waals surface area contributed by atoms with Crippen LogP contribution in [0.2, 0.25) is 0 Å². The molecule has 5 heterocycles. The van der Waals surface area contributed by atoms with Crippen LogP contribution in [0, 0.1) is 0 Å². The summed E-state index contributed by atoms with van der Waals surface area (Å²) < 4.78 is 29.9. The summed E-state index contributed by atoms with van der Waals surface area (Å²) in [7, 11) is -2.88. The number of aromatic nitrogens is 4. The van der Waals surface area contributed by atoms with Crippen molar-refractivity contribution >= 4 is 20.7 Å². The van der Waals surface area contributed by atoms with E-state index in [2.05, 4.69) is 20.1 Å². The minimum Gasteiger partial charge on any atom is -0.439 e. The Bertz CT molecular complexity index is 1390. The molecule has 0 spiro atoms. The average molecular weight is 448 g/mol. The minimum absolute atomic E-state index is 0.130. The van der Waals surface area contributed by atoms with E-state index in [1.807, 2.05) is 48.5 Å². The zero-order valence-electron chi connectivity index (χ0n) is 17.2. The maximum Gasteiger partial charge on any atom is 0.219 e. The standard InChI is InChI=1S/C23H21N5O3S/c29-32(30)14-18-10-20(32)13-28(18)12-17-3-1-15-9-19(4-5-21(15)26-17)31-23-6-2-16(11-24-23)22-7-8-25-27-22/h1-9,11,18,20H,10,12-14H2,(H,25,27). The Morgan fingerprint density at radius 1 is 1.12 bits per heavy atom. The molecule has 8 nitrogen and oxygen atoms in total. The number of ether oxygens (including phenoxy) is 1. The SMILES string of the molecule is O=S1(=O)CC2CC1CN2Cc1ccc2cc(Oc3ccc(-c4ccn[nH]4)cn3)ccc2n1. The zero-order valence-corrected chi connectivity index (χ0v) is 18.0. The molecule has 9 heteroatoms. The van der Waals surface area contributed by atoms with Crippen LogP contribution >= 0.6 is 0 Å². The molecule has 2 saturated heterocycles. The van der Waals surface area contributed by atoms with Gasteiger partial charge >= 0.3 is 0 Å². The van der Waals surface area contributed by atoms with Crippen LogP contribution in [-0.2, 0) is 16.4 Å². The first-order valence-corrected chi connectivity index (χ1v) is 12.2. The van der Waals surface area contributed by atoms with Gasteiger partial charge < -0.3 is 4.74 Å². The lowest BCUT2D eigenvalue weighted by atomic mass is 10.2. The second kappa shape index (κ2) is 7.39. The van der Waals surface area contributed by atoms with Crippen molar-refractivity contribution in [3.63, 3.8) is 0 Å². The molecule has 4 aromatic rings. The Hall–Kier alpha value is -3.30. The van der Waals surface area contributed by atoms with Gasteiger partial charge in [-0.3, -0.25) is 15.0 Å². The van der Waals surface area contributed by atoms with Gasteiger partial charge in [-0.05, 0) is 42.8 Å². The fourth-order valence-corrected chi connectivity index (χ4v) is 6.70. The molecule has 0 saturated carbocycles. The first kappa shape index (κ1) is 19.4. The topological polar surface area (TPSA) is 101 Å². The molecule has 1 aromatic carbocycles. The monoisotopic (exact) mass is 447 g/mol. The summed E-state index contributed by atoms with van der Waals surface area (Å²) in [5.41, 5.74) is 3.68. The Morgan fingerprint density at radius 3 is 2.78 bits per heavy atom. The molecule has 2 aliphatic heterocycles. The van der Waals surface area contributed by atoms with E-state index in [0.717, 1.165) is 34.3 Å². The van der Waals surface area contributed by atoms with Crippen LogP contribution in [0.25, 0.3) is 22.2 Å².